The van der Waals surface area contributed by atoms with E-state index in [9.17, 15) is 4.39 Å². The molecule has 1 heterocycles. The van der Waals surface area contributed by atoms with Gasteiger partial charge in [0.05, 0.1) is 11.6 Å². The number of rotatable bonds is 2. The quantitative estimate of drug-likeness (QED) is 0.741. The van der Waals surface area contributed by atoms with E-state index in [1.165, 1.54) is 12.1 Å². The third kappa shape index (κ3) is 2.24. The summed E-state index contributed by atoms with van der Waals surface area (Å²) in [5.41, 5.74) is 1.67. The van der Waals surface area contributed by atoms with Gasteiger partial charge in [-0.05, 0) is 39.7 Å². The van der Waals surface area contributed by atoms with Gasteiger partial charge in [0.1, 0.15) is 5.82 Å². The Hall–Kier alpha value is -0.800. The van der Waals surface area contributed by atoms with Crippen LogP contribution < -0.4 is 0 Å². The van der Waals surface area contributed by atoms with Crippen LogP contribution in [-0.2, 0) is 0 Å². The molecule has 4 heteroatoms. The van der Waals surface area contributed by atoms with Gasteiger partial charge in [0.15, 0.2) is 4.67 Å². The van der Waals surface area contributed by atoms with Crippen molar-refractivity contribution in [3.05, 3.63) is 58.2 Å². The van der Waals surface area contributed by atoms with Crippen molar-refractivity contribution in [3.63, 3.8) is 0 Å². The maximum Gasteiger partial charge on any atom is 0.173 e. The highest BCUT2D eigenvalue weighted by Crippen LogP contribution is 2.34. The molecule has 0 saturated heterocycles. The van der Waals surface area contributed by atoms with Crippen LogP contribution in [0.4, 0.5) is 4.39 Å². The Morgan fingerprint density at radius 1 is 1.20 bits per heavy atom. The summed E-state index contributed by atoms with van der Waals surface area (Å²) in [5, 5.41) is -0.335. The van der Waals surface area contributed by atoms with Crippen molar-refractivity contribution in [2.75, 3.05) is 0 Å². The van der Waals surface area contributed by atoms with Crippen molar-refractivity contribution < 1.29 is 8.81 Å². The first-order chi connectivity index (χ1) is 7.18. The SMILES string of the molecule is Fc1ccc(C(Cl)c2ccoc2Br)cc1. The molecule has 1 aromatic heterocycles. The predicted octanol–water partition coefficient (Wildman–Crippen LogP) is 4.51. The summed E-state index contributed by atoms with van der Waals surface area (Å²) in [7, 11) is 0. The second-order valence-corrected chi connectivity index (χ2v) is 4.22. The smallest absolute Gasteiger partial charge is 0.173 e. The highest BCUT2D eigenvalue weighted by molar-refractivity contribution is 9.10. The fraction of sp³-hybridized carbons (Fsp3) is 0.0909. The topological polar surface area (TPSA) is 13.1 Å². The summed E-state index contributed by atoms with van der Waals surface area (Å²) in [6.07, 6.45) is 1.55. The van der Waals surface area contributed by atoms with Crippen LogP contribution in [0.15, 0.2) is 45.7 Å². The number of hydrogen-bond donors (Lipinski definition) is 0. The number of alkyl halides is 1. The summed E-state index contributed by atoms with van der Waals surface area (Å²) in [6, 6.07) is 7.88. The molecule has 1 unspecified atom stereocenters. The number of hydrogen-bond acceptors (Lipinski definition) is 1. The van der Waals surface area contributed by atoms with Crippen molar-refractivity contribution in [3.8, 4) is 0 Å². The van der Waals surface area contributed by atoms with E-state index in [-0.39, 0.29) is 11.2 Å². The normalized spacial score (nSPS) is 12.7. The van der Waals surface area contributed by atoms with Crippen LogP contribution in [0.5, 0.6) is 0 Å². The molecule has 1 nitrogen and oxygen atoms in total. The van der Waals surface area contributed by atoms with E-state index < -0.39 is 0 Å². The lowest BCUT2D eigenvalue weighted by atomic mass is 10.1. The molecule has 0 bridgehead atoms. The molecule has 0 fully saturated rings. The largest absolute Gasteiger partial charge is 0.457 e. The zero-order chi connectivity index (χ0) is 10.8. The second kappa shape index (κ2) is 4.37. The Morgan fingerprint density at radius 2 is 1.87 bits per heavy atom. The van der Waals surface area contributed by atoms with E-state index in [1.54, 1.807) is 24.5 Å². The van der Waals surface area contributed by atoms with Crippen molar-refractivity contribution >= 4 is 27.5 Å². The first kappa shape index (κ1) is 10.7. The minimum Gasteiger partial charge on any atom is -0.457 e. The van der Waals surface area contributed by atoms with Crippen LogP contribution in [-0.4, -0.2) is 0 Å². The van der Waals surface area contributed by atoms with Gasteiger partial charge in [-0.3, -0.25) is 0 Å². The molecule has 78 valence electrons. The van der Waals surface area contributed by atoms with Gasteiger partial charge in [-0.2, -0.15) is 0 Å². The Bertz CT molecular complexity index is 452. The second-order valence-electron chi connectivity index (χ2n) is 3.06. The number of furan rings is 1. The molecule has 1 aromatic carbocycles. The standard InChI is InChI=1S/C11H7BrClFO/c12-11-9(5-6-15-11)10(13)7-1-3-8(14)4-2-7/h1-6,10H. The number of benzene rings is 1. The average Bonchev–Trinajstić information content (AvgIpc) is 2.65. The Morgan fingerprint density at radius 3 is 2.40 bits per heavy atom. The van der Waals surface area contributed by atoms with Gasteiger partial charge in [0.25, 0.3) is 0 Å². The van der Waals surface area contributed by atoms with Gasteiger partial charge in [0, 0.05) is 5.56 Å². The molecule has 0 amide bonds. The molecular formula is C11H7BrClFO. The number of halogens is 3. The minimum absolute atomic E-state index is 0.270. The van der Waals surface area contributed by atoms with E-state index in [0.29, 0.717) is 4.67 Å². The van der Waals surface area contributed by atoms with Crippen LogP contribution in [0.2, 0.25) is 0 Å². The fourth-order valence-corrected chi connectivity index (χ4v) is 2.21. The molecule has 0 spiro atoms. The molecule has 2 aromatic rings. The molecular weight excluding hydrogens is 282 g/mol. The summed E-state index contributed by atoms with van der Waals surface area (Å²) >= 11 is 9.47. The minimum atomic E-state index is -0.335. The van der Waals surface area contributed by atoms with Crippen molar-refractivity contribution in [2.45, 2.75) is 5.38 Å². The maximum atomic E-state index is 12.7. The van der Waals surface area contributed by atoms with Gasteiger partial charge in [-0.15, -0.1) is 11.6 Å². The van der Waals surface area contributed by atoms with Crippen LogP contribution in [0.3, 0.4) is 0 Å². The van der Waals surface area contributed by atoms with Gasteiger partial charge in [-0.1, -0.05) is 12.1 Å². The fourth-order valence-electron chi connectivity index (χ4n) is 1.30. The first-order valence-electron chi connectivity index (χ1n) is 4.31. The third-order valence-electron chi connectivity index (χ3n) is 2.08. The van der Waals surface area contributed by atoms with E-state index in [4.69, 9.17) is 16.0 Å². The van der Waals surface area contributed by atoms with Crippen LogP contribution in [0.1, 0.15) is 16.5 Å². The van der Waals surface area contributed by atoms with Crippen molar-refractivity contribution in [1.82, 2.24) is 0 Å². The molecule has 0 aliphatic rings. The van der Waals surface area contributed by atoms with Crippen molar-refractivity contribution in [2.24, 2.45) is 0 Å². The lowest BCUT2D eigenvalue weighted by Gasteiger charge is -2.07. The van der Waals surface area contributed by atoms with Gasteiger partial charge in [-0.25, -0.2) is 4.39 Å². The lowest BCUT2D eigenvalue weighted by Crippen LogP contribution is -1.92. The van der Waals surface area contributed by atoms with Crippen LogP contribution in [0, 0.1) is 5.82 Å². The van der Waals surface area contributed by atoms with Crippen LogP contribution >= 0.6 is 27.5 Å². The Kier molecular flexibility index (Phi) is 3.12. The Balaban J connectivity index is 2.32. The van der Waals surface area contributed by atoms with E-state index in [2.05, 4.69) is 15.9 Å². The van der Waals surface area contributed by atoms with Crippen LogP contribution in [0.25, 0.3) is 0 Å². The van der Waals surface area contributed by atoms with E-state index >= 15 is 0 Å². The Labute approximate surface area is 100.0 Å². The third-order valence-corrected chi connectivity index (χ3v) is 3.21. The molecule has 0 N–H and O–H groups in total. The van der Waals surface area contributed by atoms with Crippen molar-refractivity contribution in [1.29, 1.82) is 0 Å². The average molecular weight is 290 g/mol. The van der Waals surface area contributed by atoms with Gasteiger partial charge < -0.3 is 4.42 Å². The monoisotopic (exact) mass is 288 g/mol. The zero-order valence-corrected chi connectivity index (χ0v) is 9.93. The van der Waals surface area contributed by atoms with Gasteiger partial charge >= 0.3 is 0 Å². The zero-order valence-electron chi connectivity index (χ0n) is 7.58. The molecule has 0 saturated carbocycles. The summed E-state index contributed by atoms with van der Waals surface area (Å²) in [5.74, 6) is -0.270. The summed E-state index contributed by atoms with van der Waals surface area (Å²) in [6.45, 7) is 0. The first-order valence-corrected chi connectivity index (χ1v) is 5.54. The molecule has 15 heavy (non-hydrogen) atoms. The van der Waals surface area contributed by atoms with E-state index in [1.807, 2.05) is 0 Å². The molecule has 0 aliphatic heterocycles. The molecule has 1 atom stereocenters. The van der Waals surface area contributed by atoms with E-state index in [0.717, 1.165) is 11.1 Å². The lowest BCUT2D eigenvalue weighted by molar-refractivity contribution is 0.537. The summed E-state index contributed by atoms with van der Waals surface area (Å²) < 4.78 is 18.4. The molecule has 0 radical (unpaired) electrons. The summed E-state index contributed by atoms with van der Waals surface area (Å²) in [4.78, 5) is 0. The highest BCUT2D eigenvalue weighted by Gasteiger charge is 2.15. The molecule has 2 rings (SSSR count). The molecule has 0 aliphatic carbocycles. The van der Waals surface area contributed by atoms with Gasteiger partial charge in [0.2, 0.25) is 0 Å². The highest BCUT2D eigenvalue weighted by atomic mass is 79.9. The predicted molar refractivity (Wildman–Crippen MR) is 60.5 cm³/mol. The maximum absolute atomic E-state index is 12.7.